The molecule has 0 saturated heterocycles. The molecule has 2 atom stereocenters. The summed E-state index contributed by atoms with van der Waals surface area (Å²) in [6, 6.07) is 8.22. The molecule has 0 spiro atoms. The normalized spacial score (nSPS) is 22.3. The SMILES string of the molecule is CCS(=O)(=O)N[C@H]1CCCC[C@@H]1COc1ccc(C(C)(C)C)cc1. The molecule has 5 heteroatoms. The van der Waals surface area contributed by atoms with Gasteiger partial charge in [-0.2, -0.15) is 0 Å². The zero-order valence-electron chi connectivity index (χ0n) is 15.3. The van der Waals surface area contributed by atoms with E-state index in [0.29, 0.717) is 6.61 Å². The Morgan fingerprint density at radius 3 is 2.33 bits per heavy atom. The van der Waals surface area contributed by atoms with E-state index in [4.69, 9.17) is 4.74 Å². The first-order valence-corrected chi connectivity index (χ1v) is 10.6. The third kappa shape index (κ3) is 5.49. The van der Waals surface area contributed by atoms with Crippen molar-refractivity contribution >= 4 is 10.0 Å². The molecule has 1 aliphatic carbocycles. The molecular formula is C19H31NO3S. The number of rotatable bonds is 6. The number of ether oxygens (including phenoxy) is 1. The number of sulfonamides is 1. The van der Waals surface area contributed by atoms with E-state index < -0.39 is 10.0 Å². The minimum atomic E-state index is -3.16. The van der Waals surface area contributed by atoms with Gasteiger partial charge < -0.3 is 4.74 Å². The summed E-state index contributed by atoms with van der Waals surface area (Å²) in [6.07, 6.45) is 4.13. The van der Waals surface area contributed by atoms with Gasteiger partial charge in [-0.05, 0) is 42.9 Å². The smallest absolute Gasteiger partial charge is 0.211 e. The second-order valence-corrected chi connectivity index (χ2v) is 9.80. The highest BCUT2D eigenvalue weighted by Gasteiger charge is 2.28. The molecule has 0 radical (unpaired) electrons. The molecule has 1 aliphatic rings. The Hall–Kier alpha value is -1.07. The van der Waals surface area contributed by atoms with E-state index in [1.165, 1.54) is 5.56 Å². The summed E-state index contributed by atoms with van der Waals surface area (Å²) in [5.74, 6) is 1.22. The predicted octanol–water partition coefficient (Wildman–Crippen LogP) is 3.86. The molecule has 136 valence electrons. The first-order chi connectivity index (χ1) is 11.2. The molecular weight excluding hydrogens is 322 g/mol. The first-order valence-electron chi connectivity index (χ1n) is 8.94. The summed E-state index contributed by atoms with van der Waals surface area (Å²) >= 11 is 0. The van der Waals surface area contributed by atoms with Crippen LogP contribution in [0, 0.1) is 5.92 Å². The summed E-state index contributed by atoms with van der Waals surface area (Å²) in [6.45, 7) is 8.80. The Labute approximate surface area is 147 Å². The van der Waals surface area contributed by atoms with Crippen LogP contribution in [0.3, 0.4) is 0 Å². The molecule has 0 heterocycles. The molecule has 1 aromatic carbocycles. The molecule has 0 bridgehead atoms. The summed E-state index contributed by atoms with van der Waals surface area (Å²) < 4.78 is 32.5. The Balaban J connectivity index is 1.96. The van der Waals surface area contributed by atoms with Gasteiger partial charge in [0.1, 0.15) is 5.75 Å². The molecule has 0 unspecified atom stereocenters. The lowest BCUT2D eigenvalue weighted by molar-refractivity contribution is 0.180. The summed E-state index contributed by atoms with van der Waals surface area (Å²) in [7, 11) is -3.16. The van der Waals surface area contributed by atoms with Crippen molar-refractivity contribution in [2.75, 3.05) is 12.4 Å². The molecule has 1 N–H and O–H groups in total. The minimum Gasteiger partial charge on any atom is -0.493 e. The van der Waals surface area contributed by atoms with E-state index in [9.17, 15) is 8.42 Å². The van der Waals surface area contributed by atoms with Crippen LogP contribution in [0.2, 0.25) is 0 Å². The van der Waals surface area contributed by atoms with E-state index in [2.05, 4.69) is 37.6 Å². The fraction of sp³-hybridized carbons (Fsp3) is 0.684. The van der Waals surface area contributed by atoms with E-state index in [1.54, 1.807) is 6.92 Å². The largest absolute Gasteiger partial charge is 0.493 e. The summed E-state index contributed by atoms with van der Waals surface area (Å²) in [5, 5.41) is 0. The number of hydrogen-bond acceptors (Lipinski definition) is 3. The van der Waals surface area contributed by atoms with Crippen molar-refractivity contribution in [2.24, 2.45) is 5.92 Å². The van der Waals surface area contributed by atoms with Crippen molar-refractivity contribution in [3.8, 4) is 5.75 Å². The number of nitrogens with one attached hydrogen (secondary N) is 1. The van der Waals surface area contributed by atoms with Crippen LogP contribution >= 0.6 is 0 Å². The lowest BCUT2D eigenvalue weighted by Gasteiger charge is -2.31. The minimum absolute atomic E-state index is 0.00227. The summed E-state index contributed by atoms with van der Waals surface area (Å²) in [5.41, 5.74) is 1.41. The van der Waals surface area contributed by atoms with Gasteiger partial charge in [-0.1, -0.05) is 45.7 Å². The Morgan fingerprint density at radius 1 is 1.12 bits per heavy atom. The van der Waals surface area contributed by atoms with Crippen LogP contribution in [0.4, 0.5) is 0 Å². The van der Waals surface area contributed by atoms with Gasteiger partial charge in [-0.15, -0.1) is 0 Å². The van der Waals surface area contributed by atoms with Crippen molar-refractivity contribution < 1.29 is 13.2 Å². The third-order valence-electron chi connectivity index (χ3n) is 4.80. The fourth-order valence-corrected chi connectivity index (χ4v) is 4.07. The van der Waals surface area contributed by atoms with Crippen LogP contribution in [0.5, 0.6) is 5.75 Å². The Kier molecular flexibility index (Phi) is 6.32. The zero-order valence-corrected chi connectivity index (χ0v) is 16.2. The lowest BCUT2D eigenvalue weighted by atomic mass is 9.85. The highest BCUT2D eigenvalue weighted by atomic mass is 32.2. The van der Waals surface area contributed by atoms with Crippen molar-refractivity contribution in [1.29, 1.82) is 0 Å². The van der Waals surface area contributed by atoms with Gasteiger partial charge >= 0.3 is 0 Å². The maximum absolute atomic E-state index is 11.9. The van der Waals surface area contributed by atoms with E-state index in [0.717, 1.165) is 31.4 Å². The molecule has 1 saturated carbocycles. The molecule has 0 aromatic heterocycles. The lowest BCUT2D eigenvalue weighted by Crippen LogP contribution is -2.44. The second kappa shape index (κ2) is 7.87. The molecule has 2 rings (SSSR count). The van der Waals surface area contributed by atoms with Crippen molar-refractivity contribution in [2.45, 2.75) is 64.8 Å². The van der Waals surface area contributed by atoms with Gasteiger partial charge in [-0.3, -0.25) is 0 Å². The maximum Gasteiger partial charge on any atom is 0.211 e. The monoisotopic (exact) mass is 353 g/mol. The van der Waals surface area contributed by atoms with E-state index in [-0.39, 0.29) is 23.1 Å². The van der Waals surface area contributed by atoms with E-state index >= 15 is 0 Å². The maximum atomic E-state index is 11.9. The van der Waals surface area contributed by atoms with Crippen LogP contribution in [-0.4, -0.2) is 26.8 Å². The zero-order chi connectivity index (χ0) is 17.8. The molecule has 4 nitrogen and oxygen atoms in total. The van der Waals surface area contributed by atoms with Gasteiger partial charge in [0.15, 0.2) is 0 Å². The Morgan fingerprint density at radius 2 is 1.75 bits per heavy atom. The van der Waals surface area contributed by atoms with Crippen LogP contribution in [0.1, 0.15) is 58.9 Å². The third-order valence-corrected chi connectivity index (χ3v) is 6.23. The molecule has 0 aliphatic heterocycles. The molecule has 1 aromatic rings. The van der Waals surface area contributed by atoms with Crippen molar-refractivity contribution in [3.63, 3.8) is 0 Å². The van der Waals surface area contributed by atoms with Crippen molar-refractivity contribution in [1.82, 2.24) is 4.72 Å². The van der Waals surface area contributed by atoms with Crippen LogP contribution < -0.4 is 9.46 Å². The quantitative estimate of drug-likeness (QED) is 0.845. The second-order valence-electron chi connectivity index (χ2n) is 7.76. The topological polar surface area (TPSA) is 55.4 Å². The van der Waals surface area contributed by atoms with E-state index in [1.807, 2.05) is 12.1 Å². The average molecular weight is 354 g/mol. The van der Waals surface area contributed by atoms with Gasteiger partial charge in [0.05, 0.1) is 12.4 Å². The molecule has 1 fully saturated rings. The predicted molar refractivity (Wildman–Crippen MR) is 99.0 cm³/mol. The van der Waals surface area contributed by atoms with Gasteiger partial charge in [0.25, 0.3) is 0 Å². The first kappa shape index (κ1) is 19.3. The number of benzene rings is 1. The highest BCUT2D eigenvalue weighted by Crippen LogP contribution is 2.27. The van der Waals surface area contributed by atoms with Crippen LogP contribution in [-0.2, 0) is 15.4 Å². The Bertz CT molecular complexity index is 617. The van der Waals surface area contributed by atoms with Gasteiger partial charge in [-0.25, -0.2) is 13.1 Å². The average Bonchev–Trinajstić information content (AvgIpc) is 2.53. The van der Waals surface area contributed by atoms with Gasteiger partial charge in [0.2, 0.25) is 10.0 Å². The fourth-order valence-electron chi connectivity index (χ4n) is 3.13. The number of hydrogen-bond donors (Lipinski definition) is 1. The van der Waals surface area contributed by atoms with Crippen LogP contribution in [0.25, 0.3) is 0 Å². The van der Waals surface area contributed by atoms with Crippen molar-refractivity contribution in [3.05, 3.63) is 29.8 Å². The standard InChI is InChI=1S/C19H31NO3S/c1-5-24(21,22)20-18-9-7-6-8-15(18)14-23-17-12-10-16(11-13-17)19(2,3)4/h10-13,15,18,20H,5-9,14H2,1-4H3/t15-,18+/m1/s1. The molecule has 24 heavy (non-hydrogen) atoms. The van der Waals surface area contributed by atoms with Crippen LogP contribution in [0.15, 0.2) is 24.3 Å². The highest BCUT2D eigenvalue weighted by molar-refractivity contribution is 7.89. The summed E-state index contributed by atoms with van der Waals surface area (Å²) in [4.78, 5) is 0. The van der Waals surface area contributed by atoms with Gasteiger partial charge in [0, 0.05) is 12.0 Å². The molecule has 0 amide bonds.